The smallest absolute Gasteiger partial charge is 0.267 e. The van der Waals surface area contributed by atoms with Crippen molar-refractivity contribution in [1.29, 1.82) is 0 Å². The van der Waals surface area contributed by atoms with Gasteiger partial charge in [-0.15, -0.1) is 0 Å². The van der Waals surface area contributed by atoms with Gasteiger partial charge >= 0.3 is 0 Å². The summed E-state index contributed by atoms with van der Waals surface area (Å²) in [5, 5.41) is 5.52. The second-order valence-corrected chi connectivity index (χ2v) is 3.03. The number of benzene rings is 1. The van der Waals surface area contributed by atoms with Crippen LogP contribution in [0.2, 0.25) is 5.02 Å². The summed E-state index contributed by atoms with van der Waals surface area (Å²) in [5.74, 6) is 0. The van der Waals surface area contributed by atoms with Crippen molar-refractivity contribution in [2.75, 3.05) is 0 Å². The van der Waals surface area contributed by atoms with Crippen LogP contribution in [0.3, 0.4) is 0 Å². The molecule has 1 heterocycles. The van der Waals surface area contributed by atoms with Gasteiger partial charge in [0.15, 0.2) is 0 Å². The number of aromatic nitrogens is 2. The van der Waals surface area contributed by atoms with E-state index in [0.29, 0.717) is 15.8 Å². The summed E-state index contributed by atoms with van der Waals surface area (Å²) in [7, 11) is 0. The minimum absolute atomic E-state index is 0.302. The summed E-state index contributed by atoms with van der Waals surface area (Å²) in [6, 6.07) is 4.55. The predicted octanol–water partition coefficient (Wildman–Crippen LogP) is 0.870. The maximum Gasteiger partial charge on any atom is 0.270 e. The van der Waals surface area contributed by atoms with Crippen LogP contribution in [0.4, 0.5) is 0 Å². The highest BCUT2D eigenvalue weighted by Gasteiger charge is 2.01. The van der Waals surface area contributed by atoms with Crippen LogP contribution in [0.1, 0.15) is 0 Å². The average molecular weight is 197 g/mol. The van der Waals surface area contributed by atoms with Gasteiger partial charge in [0.25, 0.3) is 11.1 Å². The maximum absolute atomic E-state index is 11.2. The summed E-state index contributed by atoms with van der Waals surface area (Å²) in [6.07, 6.45) is 0. The first kappa shape index (κ1) is 8.07. The van der Waals surface area contributed by atoms with Crippen LogP contribution in [0.15, 0.2) is 27.8 Å². The minimum Gasteiger partial charge on any atom is -0.267 e. The molecule has 66 valence electrons. The van der Waals surface area contributed by atoms with Crippen molar-refractivity contribution in [3.63, 3.8) is 0 Å². The van der Waals surface area contributed by atoms with E-state index in [4.69, 9.17) is 11.6 Å². The Bertz CT molecular complexity index is 570. The molecule has 1 aromatic carbocycles. The average Bonchev–Trinajstić information content (AvgIpc) is 2.12. The molecule has 0 atom stereocenters. The van der Waals surface area contributed by atoms with Gasteiger partial charge in [-0.3, -0.25) is 19.8 Å². The fraction of sp³-hybridized carbons (Fsp3) is 0. The van der Waals surface area contributed by atoms with Gasteiger partial charge in [-0.25, -0.2) is 0 Å². The quantitative estimate of drug-likeness (QED) is 0.657. The molecule has 0 radical (unpaired) electrons. The lowest BCUT2D eigenvalue weighted by atomic mass is 10.2. The molecule has 0 amide bonds. The van der Waals surface area contributed by atoms with Gasteiger partial charge in [0.05, 0.1) is 10.8 Å². The van der Waals surface area contributed by atoms with Crippen LogP contribution < -0.4 is 11.1 Å². The molecule has 0 saturated carbocycles. The topological polar surface area (TPSA) is 65.7 Å². The van der Waals surface area contributed by atoms with Crippen LogP contribution in [0.5, 0.6) is 0 Å². The van der Waals surface area contributed by atoms with E-state index in [1.54, 1.807) is 6.07 Å². The van der Waals surface area contributed by atoms with E-state index in [1.165, 1.54) is 12.1 Å². The second-order valence-electron chi connectivity index (χ2n) is 2.60. The number of rotatable bonds is 0. The number of nitrogens with one attached hydrogen (secondary N) is 2. The Hall–Kier alpha value is -1.55. The van der Waals surface area contributed by atoms with Crippen molar-refractivity contribution in [1.82, 2.24) is 10.2 Å². The van der Waals surface area contributed by atoms with E-state index < -0.39 is 0 Å². The van der Waals surface area contributed by atoms with Crippen LogP contribution in [-0.2, 0) is 0 Å². The molecule has 0 aliphatic heterocycles. The number of fused-ring (bicyclic) bond motifs is 1. The summed E-state index contributed by atoms with van der Waals surface area (Å²) < 4.78 is 0. The molecular weight excluding hydrogens is 192 g/mol. The SMILES string of the molecule is O=c1[nH][nH]c(=O)c2cc(Cl)ccc12. The van der Waals surface area contributed by atoms with Crippen LogP contribution in [0, 0.1) is 0 Å². The van der Waals surface area contributed by atoms with E-state index in [1.807, 2.05) is 0 Å². The Morgan fingerprint density at radius 2 is 1.62 bits per heavy atom. The summed E-state index contributed by atoms with van der Waals surface area (Å²) in [4.78, 5) is 22.4. The standard InChI is InChI=1S/C8H5ClN2O2/c9-4-1-2-5-6(3-4)8(13)11-10-7(5)12/h1-3H,(H,10,12)(H,11,13). The lowest BCUT2D eigenvalue weighted by Crippen LogP contribution is -2.18. The summed E-state index contributed by atoms with van der Waals surface area (Å²) in [6.45, 7) is 0. The first-order valence-electron chi connectivity index (χ1n) is 3.59. The number of H-pyrrole nitrogens is 2. The van der Waals surface area contributed by atoms with Gasteiger partial charge in [0.1, 0.15) is 0 Å². The fourth-order valence-electron chi connectivity index (χ4n) is 1.15. The molecule has 0 saturated heterocycles. The molecule has 1 aromatic heterocycles. The van der Waals surface area contributed by atoms with Gasteiger partial charge < -0.3 is 0 Å². The third-order valence-corrected chi connectivity index (χ3v) is 2.00. The highest BCUT2D eigenvalue weighted by molar-refractivity contribution is 6.31. The Labute approximate surface area is 77.1 Å². The van der Waals surface area contributed by atoms with Crippen LogP contribution >= 0.6 is 11.6 Å². The molecule has 13 heavy (non-hydrogen) atoms. The third-order valence-electron chi connectivity index (χ3n) is 1.76. The Kier molecular flexibility index (Phi) is 1.70. The minimum atomic E-state index is -0.350. The first-order valence-corrected chi connectivity index (χ1v) is 3.96. The van der Waals surface area contributed by atoms with Crippen molar-refractivity contribution in [3.05, 3.63) is 43.9 Å². The monoisotopic (exact) mass is 196 g/mol. The van der Waals surface area contributed by atoms with Gasteiger partial charge in [0, 0.05) is 5.02 Å². The predicted molar refractivity (Wildman–Crippen MR) is 50.2 cm³/mol. The molecule has 2 N–H and O–H groups in total. The van der Waals surface area contributed by atoms with Crippen molar-refractivity contribution >= 4 is 22.4 Å². The Morgan fingerprint density at radius 1 is 1.00 bits per heavy atom. The molecular formula is C8H5ClN2O2. The largest absolute Gasteiger partial charge is 0.270 e. The van der Waals surface area contributed by atoms with Crippen LogP contribution in [-0.4, -0.2) is 10.2 Å². The van der Waals surface area contributed by atoms with E-state index in [2.05, 4.69) is 10.2 Å². The number of halogens is 1. The molecule has 0 aliphatic carbocycles. The summed E-state index contributed by atoms with van der Waals surface area (Å²) >= 11 is 5.68. The summed E-state index contributed by atoms with van der Waals surface area (Å²) in [5.41, 5.74) is -0.677. The zero-order chi connectivity index (χ0) is 9.42. The maximum atomic E-state index is 11.2. The van der Waals surface area contributed by atoms with E-state index in [0.717, 1.165) is 0 Å². The van der Waals surface area contributed by atoms with Crippen molar-refractivity contribution in [3.8, 4) is 0 Å². The van der Waals surface area contributed by atoms with Crippen LogP contribution in [0.25, 0.3) is 10.8 Å². The Balaban J connectivity index is 3.10. The van der Waals surface area contributed by atoms with Gasteiger partial charge in [-0.2, -0.15) is 0 Å². The molecule has 0 fully saturated rings. The van der Waals surface area contributed by atoms with Crippen molar-refractivity contribution in [2.45, 2.75) is 0 Å². The first-order chi connectivity index (χ1) is 6.18. The molecule has 2 aromatic rings. The third kappa shape index (κ3) is 1.25. The van der Waals surface area contributed by atoms with Gasteiger partial charge in [-0.1, -0.05) is 11.6 Å². The molecule has 4 nitrogen and oxygen atoms in total. The molecule has 0 aliphatic rings. The molecule has 0 unspecified atom stereocenters. The zero-order valence-electron chi connectivity index (χ0n) is 6.43. The Morgan fingerprint density at radius 3 is 2.31 bits per heavy atom. The zero-order valence-corrected chi connectivity index (χ0v) is 7.18. The lowest BCUT2D eigenvalue weighted by molar-refractivity contribution is 0.976. The highest BCUT2D eigenvalue weighted by atomic mass is 35.5. The van der Waals surface area contributed by atoms with Gasteiger partial charge in [-0.05, 0) is 18.2 Å². The molecule has 0 spiro atoms. The number of hydrogen-bond acceptors (Lipinski definition) is 2. The highest BCUT2D eigenvalue weighted by Crippen LogP contribution is 2.12. The van der Waals surface area contributed by atoms with Crippen molar-refractivity contribution < 1.29 is 0 Å². The number of aromatic amines is 2. The van der Waals surface area contributed by atoms with E-state index in [9.17, 15) is 9.59 Å². The fourth-order valence-corrected chi connectivity index (χ4v) is 1.32. The molecule has 0 bridgehead atoms. The normalized spacial score (nSPS) is 10.5. The lowest BCUT2D eigenvalue weighted by Gasteiger charge is -1.94. The van der Waals surface area contributed by atoms with Crippen molar-refractivity contribution in [2.24, 2.45) is 0 Å². The van der Waals surface area contributed by atoms with E-state index in [-0.39, 0.29) is 11.1 Å². The molecule has 2 rings (SSSR count). The van der Waals surface area contributed by atoms with Gasteiger partial charge in [0.2, 0.25) is 0 Å². The second kappa shape index (κ2) is 2.74. The number of hydrogen-bond donors (Lipinski definition) is 2. The van der Waals surface area contributed by atoms with E-state index >= 15 is 0 Å². The molecule has 5 heteroatoms.